The van der Waals surface area contributed by atoms with Crippen LogP contribution >= 0.6 is 11.3 Å². The third-order valence-electron chi connectivity index (χ3n) is 3.50. The monoisotopic (exact) mass is 332 g/mol. The van der Waals surface area contributed by atoms with Crippen LogP contribution in [0, 0.1) is 0 Å². The van der Waals surface area contributed by atoms with E-state index in [1.54, 1.807) is 11.3 Å². The molecule has 0 aliphatic carbocycles. The second-order valence-corrected chi connectivity index (χ2v) is 6.33. The Morgan fingerprint density at radius 2 is 1.91 bits per heavy atom. The predicted octanol–water partition coefficient (Wildman–Crippen LogP) is 1.35. The number of hydrogen-bond acceptors (Lipinski definition) is 3. The first kappa shape index (κ1) is 17.2. The maximum Gasteiger partial charge on any atom is 0.321 e. The fraction of sp³-hybridized carbons (Fsp3) is 0.294. The van der Waals surface area contributed by atoms with Crippen molar-refractivity contribution in [2.75, 3.05) is 13.6 Å². The van der Waals surface area contributed by atoms with Crippen LogP contribution in [0.1, 0.15) is 23.4 Å². The SMILES string of the molecule is CCNC(=O)NC(=O)[C@H](c1ccccc1)[NH+](C)Cc1cccs1. The highest BCUT2D eigenvalue weighted by molar-refractivity contribution is 7.09. The van der Waals surface area contributed by atoms with E-state index in [-0.39, 0.29) is 5.91 Å². The van der Waals surface area contributed by atoms with Crippen LogP contribution in [0.2, 0.25) is 0 Å². The van der Waals surface area contributed by atoms with Crippen LogP contribution in [0.15, 0.2) is 47.8 Å². The molecule has 0 radical (unpaired) electrons. The molecular formula is C17H22N3O2S+. The summed E-state index contributed by atoms with van der Waals surface area (Å²) < 4.78 is 0. The number of thiophene rings is 1. The van der Waals surface area contributed by atoms with Crippen LogP contribution in [0.3, 0.4) is 0 Å². The van der Waals surface area contributed by atoms with Crippen molar-refractivity contribution in [1.82, 2.24) is 10.6 Å². The van der Waals surface area contributed by atoms with E-state index in [2.05, 4.69) is 16.7 Å². The highest BCUT2D eigenvalue weighted by atomic mass is 32.1. The maximum absolute atomic E-state index is 12.6. The Balaban J connectivity index is 2.17. The lowest BCUT2D eigenvalue weighted by molar-refractivity contribution is -0.915. The normalized spacial score (nSPS) is 13.1. The van der Waals surface area contributed by atoms with Gasteiger partial charge < -0.3 is 10.2 Å². The smallest absolute Gasteiger partial charge is 0.321 e. The Morgan fingerprint density at radius 3 is 2.52 bits per heavy atom. The van der Waals surface area contributed by atoms with Gasteiger partial charge in [-0.1, -0.05) is 36.4 Å². The van der Waals surface area contributed by atoms with Crippen molar-refractivity contribution in [3.8, 4) is 0 Å². The van der Waals surface area contributed by atoms with Crippen LogP contribution in [0.25, 0.3) is 0 Å². The minimum atomic E-state index is -0.456. The highest BCUT2D eigenvalue weighted by Crippen LogP contribution is 2.12. The minimum absolute atomic E-state index is 0.295. The number of urea groups is 1. The molecule has 5 nitrogen and oxygen atoms in total. The van der Waals surface area contributed by atoms with E-state index in [0.717, 1.165) is 17.0 Å². The third kappa shape index (κ3) is 4.91. The van der Waals surface area contributed by atoms with E-state index in [9.17, 15) is 9.59 Å². The first-order valence-electron chi connectivity index (χ1n) is 7.60. The molecule has 0 bridgehead atoms. The van der Waals surface area contributed by atoms with Gasteiger partial charge >= 0.3 is 6.03 Å². The van der Waals surface area contributed by atoms with Crippen molar-refractivity contribution in [2.24, 2.45) is 0 Å². The summed E-state index contributed by atoms with van der Waals surface area (Å²) >= 11 is 1.67. The van der Waals surface area contributed by atoms with Gasteiger partial charge in [-0.25, -0.2) is 4.79 Å². The lowest BCUT2D eigenvalue weighted by atomic mass is 10.0. The van der Waals surface area contributed by atoms with Crippen LogP contribution in [-0.4, -0.2) is 25.5 Å². The van der Waals surface area contributed by atoms with Gasteiger partial charge in [-0.05, 0) is 18.4 Å². The summed E-state index contributed by atoms with van der Waals surface area (Å²) in [7, 11) is 1.97. The van der Waals surface area contributed by atoms with Crippen LogP contribution < -0.4 is 15.5 Å². The number of amides is 3. The molecule has 0 saturated carbocycles. The first-order chi connectivity index (χ1) is 11.1. The van der Waals surface area contributed by atoms with Gasteiger partial charge in [0.15, 0.2) is 6.04 Å². The zero-order valence-electron chi connectivity index (χ0n) is 13.3. The maximum atomic E-state index is 12.6. The molecule has 2 atom stereocenters. The molecule has 122 valence electrons. The lowest BCUT2D eigenvalue weighted by Crippen LogP contribution is -3.09. The van der Waals surface area contributed by atoms with Crippen molar-refractivity contribution >= 4 is 23.3 Å². The summed E-state index contributed by atoms with van der Waals surface area (Å²) in [6.07, 6.45) is 0. The molecule has 23 heavy (non-hydrogen) atoms. The molecule has 3 amide bonds. The first-order valence-corrected chi connectivity index (χ1v) is 8.48. The second-order valence-electron chi connectivity index (χ2n) is 5.29. The Labute approximate surface area is 140 Å². The molecular weight excluding hydrogens is 310 g/mol. The number of carbonyl (C=O) groups is 2. The molecule has 0 aliphatic rings. The van der Waals surface area contributed by atoms with Gasteiger partial charge in [-0.2, -0.15) is 0 Å². The van der Waals surface area contributed by atoms with E-state index < -0.39 is 12.1 Å². The Kier molecular flexibility index (Phi) is 6.31. The van der Waals surface area contributed by atoms with Crippen molar-refractivity contribution in [2.45, 2.75) is 19.5 Å². The number of benzene rings is 1. The average molecular weight is 332 g/mol. The molecule has 0 fully saturated rings. The molecule has 1 heterocycles. The van der Waals surface area contributed by atoms with E-state index in [4.69, 9.17) is 0 Å². The van der Waals surface area contributed by atoms with Crippen molar-refractivity contribution in [3.05, 3.63) is 58.3 Å². The molecule has 2 rings (SSSR count). The quantitative estimate of drug-likeness (QED) is 0.748. The second kappa shape index (κ2) is 8.45. The van der Waals surface area contributed by atoms with E-state index in [1.165, 1.54) is 4.88 Å². The number of likely N-dealkylation sites (N-methyl/N-ethyl adjacent to an activating group) is 1. The summed E-state index contributed by atoms with van der Waals surface area (Å²) in [5.74, 6) is -0.295. The van der Waals surface area contributed by atoms with Gasteiger partial charge in [-0.3, -0.25) is 10.1 Å². The van der Waals surface area contributed by atoms with E-state index in [1.807, 2.05) is 55.7 Å². The van der Waals surface area contributed by atoms with E-state index in [0.29, 0.717) is 6.54 Å². The van der Waals surface area contributed by atoms with Gasteiger partial charge in [0, 0.05) is 12.1 Å². The molecule has 1 unspecified atom stereocenters. The van der Waals surface area contributed by atoms with Gasteiger partial charge in [0.05, 0.1) is 11.9 Å². The fourth-order valence-corrected chi connectivity index (χ4v) is 3.28. The zero-order chi connectivity index (χ0) is 16.7. The standard InChI is InChI=1S/C17H21N3O2S/c1-3-18-17(22)19-16(21)15(13-8-5-4-6-9-13)20(2)12-14-10-7-11-23-14/h4-11,15H,3,12H2,1-2H3,(H2,18,19,21,22)/p+1/t15-/m0/s1. The number of imide groups is 1. The summed E-state index contributed by atoms with van der Waals surface area (Å²) in [4.78, 5) is 26.5. The molecule has 1 aromatic carbocycles. The molecule has 6 heteroatoms. The van der Waals surface area contributed by atoms with Crippen LogP contribution in [0.5, 0.6) is 0 Å². The summed E-state index contributed by atoms with van der Waals surface area (Å²) in [5.41, 5.74) is 0.892. The fourth-order valence-electron chi connectivity index (χ4n) is 2.48. The van der Waals surface area contributed by atoms with Gasteiger partial charge in [-0.15, -0.1) is 11.3 Å². The van der Waals surface area contributed by atoms with Gasteiger partial charge in [0.1, 0.15) is 6.54 Å². The van der Waals surface area contributed by atoms with Crippen LogP contribution in [-0.2, 0) is 11.3 Å². The Bertz CT molecular complexity index is 629. The molecule has 2 aromatic rings. The molecule has 0 saturated heterocycles. The molecule has 3 N–H and O–H groups in total. The lowest BCUT2D eigenvalue weighted by Gasteiger charge is -2.24. The van der Waals surface area contributed by atoms with Gasteiger partial charge in [0.2, 0.25) is 0 Å². The molecule has 0 aliphatic heterocycles. The number of hydrogen-bond donors (Lipinski definition) is 3. The summed E-state index contributed by atoms with van der Waals surface area (Å²) in [6.45, 7) is 3.01. The summed E-state index contributed by atoms with van der Waals surface area (Å²) in [6, 6.07) is 12.7. The number of quaternary nitrogens is 1. The van der Waals surface area contributed by atoms with Crippen LogP contribution in [0.4, 0.5) is 4.79 Å². The number of rotatable bonds is 6. The topological polar surface area (TPSA) is 62.6 Å². The third-order valence-corrected chi connectivity index (χ3v) is 4.37. The molecule has 1 aromatic heterocycles. The number of nitrogens with one attached hydrogen (secondary N) is 3. The Morgan fingerprint density at radius 1 is 1.17 bits per heavy atom. The van der Waals surface area contributed by atoms with Crippen molar-refractivity contribution in [3.63, 3.8) is 0 Å². The molecule has 0 spiro atoms. The van der Waals surface area contributed by atoms with E-state index >= 15 is 0 Å². The summed E-state index contributed by atoms with van der Waals surface area (Å²) in [5, 5.41) is 7.05. The Hall–Kier alpha value is -2.18. The average Bonchev–Trinajstić information content (AvgIpc) is 3.01. The van der Waals surface area contributed by atoms with Crippen molar-refractivity contribution in [1.29, 1.82) is 0 Å². The zero-order valence-corrected chi connectivity index (χ0v) is 14.2. The van der Waals surface area contributed by atoms with Gasteiger partial charge in [0.25, 0.3) is 5.91 Å². The minimum Gasteiger partial charge on any atom is -0.338 e. The largest absolute Gasteiger partial charge is 0.338 e. The highest BCUT2D eigenvalue weighted by Gasteiger charge is 2.30. The predicted molar refractivity (Wildman–Crippen MR) is 91.3 cm³/mol. The number of carbonyl (C=O) groups excluding carboxylic acids is 2. The van der Waals surface area contributed by atoms with Crippen molar-refractivity contribution < 1.29 is 14.5 Å².